The van der Waals surface area contributed by atoms with E-state index >= 15 is 0 Å². The van der Waals surface area contributed by atoms with Gasteiger partial charge < -0.3 is 20.9 Å². The number of rotatable bonds is 6. The number of hydrogen-bond donors (Lipinski definition) is 3. The highest BCUT2D eigenvalue weighted by molar-refractivity contribution is 5.97. The molecule has 1 aromatic carbocycles. The molecule has 154 valence electrons. The van der Waals surface area contributed by atoms with Crippen LogP contribution in [0.3, 0.4) is 0 Å². The second kappa shape index (κ2) is 7.98. The summed E-state index contributed by atoms with van der Waals surface area (Å²) in [6.07, 6.45) is 2.60. The molecule has 0 saturated heterocycles. The second-order valence-electron chi connectivity index (χ2n) is 7.40. The van der Waals surface area contributed by atoms with Gasteiger partial charge in [-0.05, 0) is 49.6 Å². The Bertz CT molecular complexity index is 1130. The largest absolute Gasteiger partial charge is 0.370 e. The third-order valence-electron chi connectivity index (χ3n) is 5.36. The fourth-order valence-electron chi connectivity index (χ4n) is 3.97. The average molecular weight is 404 g/mol. The van der Waals surface area contributed by atoms with Crippen LogP contribution in [0.5, 0.6) is 0 Å². The summed E-state index contributed by atoms with van der Waals surface area (Å²) in [5.41, 5.74) is 11.4. The number of benzene rings is 1. The van der Waals surface area contributed by atoms with E-state index in [1.165, 1.54) is 0 Å². The summed E-state index contributed by atoms with van der Waals surface area (Å²) in [6.45, 7) is 5.35. The quantitative estimate of drug-likeness (QED) is 0.584. The van der Waals surface area contributed by atoms with Crippen LogP contribution in [0, 0.1) is 13.8 Å². The Morgan fingerprint density at radius 3 is 2.90 bits per heavy atom. The lowest BCUT2D eigenvalue weighted by molar-refractivity contribution is -0.117. The lowest BCUT2D eigenvalue weighted by atomic mass is 10.1. The van der Waals surface area contributed by atoms with E-state index in [0.717, 1.165) is 40.3 Å². The maximum atomic E-state index is 12.3. The predicted molar refractivity (Wildman–Crippen MR) is 115 cm³/mol. The van der Waals surface area contributed by atoms with E-state index in [9.17, 15) is 9.59 Å². The van der Waals surface area contributed by atoms with Gasteiger partial charge in [0.2, 0.25) is 11.9 Å². The maximum absolute atomic E-state index is 12.3. The summed E-state index contributed by atoms with van der Waals surface area (Å²) in [6, 6.07) is 9.60. The molecular weight excluding hydrogens is 380 g/mol. The van der Waals surface area contributed by atoms with Crippen molar-refractivity contribution in [1.29, 1.82) is 0 Å². The van der Waals surface area contributed by atoms with Crippen molar-refractivity contribution in [2.75, 3.05) is 11.9 Å². The Balaban J connectivity index is 1.63. The number of nitrogens with one attached hydrogen (secondary N) is 2. The monoisotopic (exact) mass is 404 g/mol. The van der Waals surface area contributed by atoms with E-state index in [1.54, 1.807) is 6.20 Å². The van der Waals surface area contributed by atoms with Gasteiger partial charge in [-0.1, -0.05) is 12.1 Å². The first-order valence-corrected chi connectivity index (χ1v) is 9.89. The molecule has 4 rings (SSSR count). The SMILES string of the molecule is Cc1c(-c2ccnc(Nc3cccc(CCC(N)=O)c3)n2)c(C)n2c1C(=O)NCC2. The van der Waals surface area contributed by atoms with Crippen LogP contribution < -0.4 is 16.4 Å². The van der Waals surface area contributed by atoms with Crippen molar-refractivity contribution in [3.05, 3.63) is 59.0 Å². The number of hydrogen-bond acceptors (Lipinski definition) is 5. The van der Waals surface area contributed by atoms with Crippen LogP contribution in [0.15, 0.2) is 36.5 Å². The average Bonchev–Trinajstić information content (AvgIpc) is 2.98. The molecule has 2 amide bonds. The van der Waals surface area contributed by atoms with Gasteiger partial charge in [-0.3, -0.25) is 9.59 Å². The molecule has 0 saturated carbocycles. The Labute approximate surface area is 174 Å². The summed E-state index contributed by atoms with van der Waals surface area (Å²) >= 11 is 0. The zero-order valence-corrected chi connectivity index (χ0v) is 17.0. The minimum atomic E-state index is -0.320. The van der Waals surface area contributed by atoms with Gasteiger partial charge in [0, 0.05) is 42.7 Å². The zero-order valence-electron chi connectivity index (χ0n) is 17.0. The summed E-state index contributed by atoms with van der Waals surface area (Å²) in [7, 11) is 0. The molecular formula is C22H24N6O2. The molecule has 1 aliphatic heterocycles. The molecule has 0 spiro atoms. The lowest BCUT2D eigenvalue weighted by Gasteiger charge is -2.17. The Morgan fingerprint density at radius 2 is 2.13 bits per heavy atom. The van der Waals surface area contributed by atoms with E-state index in [-0.39, 0.29) is 11.8 Å². The van der Waals surface area contributed by atoms with Crippen molar-refractivity contribution in [3.63, 3.8) is 0 Å². The van der Waals surface area contributed by atoms with Gasteiger partial charge in [-0.25, -0.2) is 9.97 Å². The molecule has 3 heterocycles. The number of nitrogens with two attached hydrogens (primary N) is 1. The number of aryl methyl sites for hydroxylation is 1. The molecule has 0 radical (unpaired) electrons. The zero-order chi connectivity index (χ0) is 21.3. The minimum Gasteiger partial charge on any atom is -0.370 e. The minimum absolute atomic E-state index is 0.0479. The molecule has 8 heteroatoms. The first kappa shape index (κ1) is 19.6. The van der Waals surface area contributed by atoms with E-state index in [2.05, 4.69) is 20.2 Å². The fourth-order valence-corrected chi connectivity index (χ4v) is 3.97. The molecule has 4 N–H and O–H groups in total. The third-order valence-corrected chi connectivity index (χ3v) is 5.36. The lowest BCUT2D eigenvalue weighted by Crippen LogP contribution is -2.35. The molecule has 0 bridgehead atoms. The van der Waals surface area contributed by atoms with Gasteiger partial charge in [0.25, 0.3) is 5.91 Å². The first-order chi connectivity index (χ1) is 14.4. The van der Waals surface area contributed by atoms with Crippen molar-refractivity contribution in [2.24, 2.45) is 5.73 Å². The van der Waals surface area contributed by atoms with Crippen LogP contribution in [0.2, 0.25) is 0 Å². The summed E-state index contributed by atoms with van der Waals surface area (Å²) in [5.74, 6) is 0.0966. The molecule has 0 aliphatic carbocycles. The fraction of sp³-hybridized carbons (Fsp3) is 0.273. The van der Waals surface area contributed by atoms with Gasteiger partial charge in [-0.15, -0.1) is 0 Å². The molecule has 0 atom stereocenters. The van der Waals surface area contributed by atoms with Gasteiger partial charge in [-0.2, -0.15) is 0 Å². The number of nitrogens with zero attached hydrogens (tertiary/aromatic N) is 3. The van der Waals surface area contributed by atoms with Gasteiger partial charge in [0.15, 0.2) is 0 Å². The Kier molecular flexibility index (Phi) is 5.22. The molecule has 3 aromatic rings. The van der Waals surface area contributed by atoms with Gasteiger partial charge in [0.1, 0.15) is 5.69 Å². The van der Waals surface area contributed by atoms with Crippen LogP contribution in [0.25, 0.3) is 11.3 Å². The van der Waals surface area contributed by atoms with E-state index in [1.807, 2.05) is 44.2 Å². The van der Waals surface area contributed by atoms with Crippen LogP contribution >= 0.6 is 0 Å². The number of amides is 2. The maximum Gasteiger partial charge on any atom is 0.268 e. The predicted octanol–water partition coefficient (Wildman–Crippen LogP) is 2.47. The standard InChI is InChI=1S/C22H24N6O2/c1-13-19(14(2)28-11-10-24-21(30)20(13)28)17-8-9-25-22(27-17)26-16-5-3-4-15(12-16)6-7-18(23)29/h3-5,8-9,12H,6-7,10-11H2,1-2H3,(H2,23,29)(H,24,30)(H,25,26,27). The van der Waals surface area contributed by atoms with Crippen molar-refractivity contribution in [1.82, 2.24) is 19.9 Å². The second-order valence-corrected chi connectivity index (χ2v) is 7.40. The molecule has 2 aromatic heterocycles. The van der Waals surface area contributed by atoms with E-state index in [4.69, 9.17) is 10.7 Å². The number of fused-ring (bicyclic) bond motifs is 1. The number of carbonyl (C=O) groups excluding carboxylic acids is 2. The molecule has 30 heavy (non-hydrogen) atoms. The van der Waals surface area contributed by atoms with Gasteiger partial charge in [0.05, 0.1) is 5.69 Å². The number of anilines is 2. The number of primary amides is 1. The molecule has 0 fully saturated rings. The number of aromatic nitrogens is 3. The normalized spacial score (nSPS) is 12.9. The summed E-state index contributed by atoms with van der Waals surface area (Å²) in [5, 5.41) is 6.13. The first-order valence-electron chi connectivity index (χ1n) is 9.89. The smallest absolute Gasteiger partial charge is 0.268 e. The molecule has 8 nitrogen and oxygen atoms in total. The van der Waals surface area contributed by atoms with Crippen molar-refractivity contribution < 1.29 is 9.59 Å². The van der Waals surface area contributed by atoms with Crippen LogP contribution in [-0.2, 0) is 17.8 Å². The van der Waals surface area contributed by atoms with Gasteiger partial charge >= 0.3 is 0 Å². The number of carbonyl (C=O) groups is 2. The van der Waals surface area contributed by atoms with Crippen LogP contribution in [0.4, 0.5) is 11.6 Å². The molecule has 1 aliphatic rings. The van der Waals surface area contributed by atoms with E-state index < -0.39 is 0 Å². The van der Waals surface area contributed by atoms with E-state index in [0.29, 0.717) is 31.0 Å². The van der Waals surface area contributed by atoms with Crippen LogP contribution in [0.1, 0.15) is 33.7 Å². The third kappa shape index (κ3) is 3.76. The van der Waals surface area contributed by atoms with Crippen molar-refractivity contribution in [2.45, 2.75) is 33.2 Å². The Hall–Kier alpha value is -3.68. The van der Waals surface area contributed by atoms with Crippen LogP contribution in [-0.4, -0.2) is 32.9 Å². The van der Waals surface area contributed by atoms with Crippen molar-refractivity contribution >= 4 is 23.5 Å². The Morgan fingerprint density at radius 1 is 1.30 bits per heavy atom. The highest BCUT2D eigenvalue weighted by Crippen LogP contribution is 2.32. The molecule has 0 unspecified atom stereocenters. The highest BCUT2D eigenvalue weighted by Gasteiger charge is 2.26. The highest BCUT2D eigenvalue weighted by atomic mass is 16.2. The van der Waals surface area contributed by atoms with Crippen molar-refractivity contribution in [3.8, 4) is 11.3 Å². The summed E-state index contributed by atoms with van der Waals surface area (Å²) in [4.78, 5) is 32.4. The summed E-state index contributed by atoms with van der Waals surface area (Å²) < 4.78 is 2.06. The topological polar surface area (TPSA) is 115 Å².